The molecule has 0 bridgehead atoms. The molecule has 0 amide bonds. The Hall–Kier alpha value is -1.82. The maximum absolute atomic E-state index is 12.4. The Kier molecular flexibility index (Phi) is 2.41. The van der Waals surface area contributed by atoms with Gasteiger partial charge in [0.05, 0.1) is 18.7 Å². The van der Waals surface area contributed by atoms with E-state index < -0.39 is 0 Å². The SMILES string of the molecule is Cc1cc2c(c(N)nn2CCO)c(=O)n1C1CC1. The molecule has 1 fully saturated rings. The van der Waals surface area contributed by atoms with E-state index in [-0.39, 0.29) is 18.0 Å². The number of pyridine rings is 1. The van der Waals surface area contributed by atoms with Gasteiger partial charge in [-0.05, 0) is 25.8 Å². The Balaban J connectivity index is 2.32. The second-order valence-corrected chi connectivity index (χ2v) is 4.78. The molecule has 2 aromatic rings. The van der Waals surface area contributed by atoms with Crippen molar-refractivity contribution in [2.45, 2.75) is 32.4 Å². The molecule has 0 radical (unpaired) electrons. The molecule has 1 aliphatic rings. The van der Waals surface area contributed by atoms with Crippen LogP contribution in [0.1, 0.15) is 24.6 Å². The highest BCUT2D eigenvalue weighted by molar-refractivity contribution is 5.88. The molecule has 0 saturated heterocycles. The summed E-state index contributed by atoms with van der Waals surface area (Å²) in [5.41, 5.74) is 7.39. The number of aliphatic hydroxyl groups is 1. The van der Waals surface area contributed by atoms with Gasteiger partial charge in [-0.3, -0.25) is 9.48 Å². The number of nitrogen functional groups attached to an aromatic ring is 1. The van der Waals surface area contributed by atoms with Crippen LogP contribution in [0, 0.1) is 6.92 Å². The van der Waals surface area contributed by atoms with Crippen LogP contribution >= 0.6 is 0 Å². The molecule has 96 valence electrons. The van der Waals surface area contributed by atoms with Crippen LogP contribution < -0.4 is 11.3 Å². The number of anilines is 1. The summed E-state index contributed by atoms with van der Waals surface area (Å²) in [6, 6.07) is 2.25. The molecule has 0 spiro atoms. The first-order valence-electron chi connectivity index (χ1n) is 6.12. The van der Waals surface area contributed by atoms with Crippen LogP contribution in [0.2, 0.25) is 0 Å². The molecule has 0 aromatic carbocycles. The summed E-state index contributed by atoms with van der Waals surface area (Å²) in [6.07, 6.45) is 2.11. The van der Waals surface area contributed by atoms with Crippen molar-refractivity contribution < 1.29 is 5.11 Å². The van der Waals surface area contributed by atoms with E-state index in [1.54, 1.807) is 4.68 Å². The zero-order chi connectivity index (χ0) is 12.9. The molecule has 2 aromatic heterocycles. The van der Waals surface area contributed by atoms with Gasteiger partial charge in [-0.15, -0.1) is 0 Å². The molecular weight excluding hydrogens is 232 g/mol. The fourth-order valence-electron chi connectivity index (χ4n) is 2.46. The van der Waals surface area contributed by atoms with Gasteiger partial charge in [-0.2, -0.15) is 5.10 Å². The van der Waals surface area contributed by atoms with Crippen LogP contribution in [0.4, 0.5) is 5.82 Å². The zero-order valence-corrected chi connectivity index (χ0v) is 10.3. The fraction of sp³-hybridized carbons (Fsp3) is 0.500. The van der Waals surface area contributed by atoms with Crippen molar-refractivity contribution in [3.8, 4) is 0 Å². The lowest BCUT2D eigenvalue weighted by molar-refractivity contribution is 0.272. The lowest BCUT2D eigenvalue weighted by atomic mass is 10.2. The summed E-state index contributed by atoms with van der Waals surface area (Å²) in [5, 5.41) is 13.6. The van der Waals surface area contributed by atoms with Gasteiger partial charge in [-0.1, -0.05) is 0 Å². The number of nitrogens with two attached hydrogens (primary N) is 1. The standard InChI is InChI=1S/C12H16N4O2/c1-7-6-9-10(11(13)14-15(9)4-5-17)12(18)16(7)8-2-3-8/h6,8,17H,2-5H2,1H3,(H2,13,14). The van der Waals surface area contributed by atoms with E-state index in [9.17, 15) is 4.79 Å². The average Bonchev–Trinajstić information content (AvgIpc) is 3.07. The van der Waals surface area contributed by atoms with Gasteiger partial charge >= 0.3 is 0 Å². The van der Waals surface area contributed by atoms with Crippen molar-refractivity contribution >= 4 is 16.7 Å². The van der Waals surface area contributed by atoms with Crippen molar-refractivity contribution in [1.29, 1.82) is 0 Å². The first-order valence-corrected chi connectivity index (χ1v) is 6.12. The summed E-state index contributed by atoms with van der Waals surface area (Å²) in [7, 11) is 0. The molecule has 3 rings (SSSR count). The van der Waals surface area contributed by atoms with E-state index in [1.165, 1.54) is 0 Å². The van der Waals surface area contributed by atoms with Crippen LogP contribution in [0.5, 0.6) is 0 Å². The van der Waals surface area contributed by atoms with E-state index in [0.717, 1.165) is 18.5 Å². The molecule has 6 nitrogen and oxygen atoms in total. The van der Waals surface area contributed by atoms with Gasteiger partial charge in [0.2, 0.25) is 0 Å². The molecule has 18 heavy (non-hydrogen) atoms. The van der Waals surface area contributed by atoms with Crippen LogP contribution in [-0.2, 0) is 6.54 Å². The molecule has 3 N–H and O–H groups in total. The number of nitrogens with zero attached hydrogens (tertiary/aromatic N) is 3. The highest BCUT2D eigenvalue weighted by Gasteiger charge is 2.27. The molecular formula is C12H16N4O2. The minimum Gasteiger partial charge on any atom is -0.394 e. The lowest BCUT2D eigenvalue weighted by Crippen LogP contribution is -2.21. The largest absolute Gasteiger partial charge is 0.394 e. The number of aromatic nitrogens is 3. The lowest BCUT2D eigenvalue weighted by Gasteiger charge is -2.09. The number of aryl methyl sites for hydroxylation is 1. The van der Waals surface area contributed by atoms with E-state index in [4.69, 9.17) is 10.8 Å². The van der Waals surface area contributed by atoms with Crippen LogP contribution in [-0.4, -0.2) is 26.1 Å². The monoisotopic (exact) mass is 248 g/mol. The first kappa shape index (κ1) is 11.3. The van der Waals surface area contributed by atoms with Gasteiger partial charge < -0.3 is 15.4 Å². The summed E-state index contributed by atoms with van der Waals surface area (Å²) in [5.74, 6) is 0.248. The Morgan fingerprint density at radius 2 is 2.28 bits per heavy atom. The molecule has 0 unspecified atom stereocenters. The Labute approximate surface area is 104 Å². The van der Waals surface area contributed by atoms with E-state index in [2.05, 4.69) is 5.10 Å². The third kappa shape index (κ3) is 1.53. The minimum absolute atomic E-state index is 0.0268. The van der Waals surface area contributed by atoms with Gasteiger partial charge in [0, 0.05) is 11.7 Å². The van der Waals surface area contributed by atoms with Crippen molar-refractivity contribution in [2.75, 3.05) is 12.3 Å². The van der Waals surface area contributed by atoms with Crippen LogP contribution in [0.15, 0.2) is 10.9 Å². The first-order chi connectivity index (χ1) is 8.63. The third-order valence-corrected chi connectivity index (χ3v) is 3.40. The molecule has 2 heterocycles. The maximum Gasteiger partial charge on any atom is 0.264 e. The maximum atomic E-state index is 12.4. The highest BCUT2D eigenvalue weighted by atomic mass is 16.3. The fourth-order valence-corrected chi connectivity index (χ4v) is 2.46. The van der Waals surface area contributed by atoms with Gasteiger partial charge in [0.25, 0.3) is 5.56 Å². The van der Waals surface area contributed by atoms with E-state index >= 15 is 0 Å². The molecule has 1 aliphatic carbocycles. The van der Waals surface area contributed by atoms with Crippen molar-refractivity contribution in [3.05, 3.63) is 22.1 Å². The third-order valence-electron chi connectivity index (χ3n) is 3.40. The summed E-state index contributed by atoms with van der Waals surface area (Å²) in [4.78, 5) is 12.4. The summed E-state index contributed by atoms with van der Waals surface area (Å²) in [6.45, 7) is 2.24. The molecule has 1 saturated carbocycles. The Morgan fingerprint density at radius 1 is 1.56 bits per heavy atom. The Morgan fingerprint density at radius 3 is 2.89 bits per heavy atom. The molecule has 0 aliphatic heterocycles. The summed E-state index contributed by atoms with van der Waals surface area (Å²) < 4.78 is 3.40. The van der Waals surface area contributed by atoms with Crippen LogP contribution in [0.25, 0.3) is 10.9 Å². The van der Waals surface area contributed by atoms with Crippen molar-refractivity contribution in [2.24, 2.45) is 0 Å². The predicted octanol–water partition coefficient (Wildman–Crippen LogP) is 0.416. The van der Waals surface area contributed by atoms with Crippen molar-refractivity contribution in [3.63, 3.8) is 0 Å². The molecule has 6 heteroatoms. The van der Waals surface area contributed by atoms with E-state index in [0.29, 0.717) is 23.5 Å². The number of hydrogen-bond donors (Lipinski definition) is 2. The smallest absolute Gasteiger partial charge is 0.264 e. The molecule has 0 atom stereocenters. The number of fused-ring (bicyclic) bond motifs is 1. The van der Waals surface area contributed by atoms with Gasteiger partial charge in [0.1, 0.15) is 5.39 Å². The Bertz CT molecular complexity index is 667. The topological polar surface area (TPSA) is 86.1 Å². The second-order valence-electron chi connectivity index (χ2n) is 4.78. The number of hydrogen-bond acceptors (Lipinski definition) is 4. The van der Waals surface area contributed by atoms with Crippen LogP contribution in [0.3, 0.4) is 0 Å². The number of aliphatic hydroxyl groups excluding tert-OH is 1. The average molecular weight is 248 g/mol. The van der Waals surface area contributed by atoms with Gasteiger partial charge in [-0.25, -0.2) is 0 Å². The zero-order valence-electron chi connectivity index (χ0n) is 10.3. The normalized spacial score (nSPS) is 15.4. The quantitative estimate of drug-likeness (QED) is 0.824. The predicted molar refractivity (Wildman–Crippen MR) is 68.5 cm³/mol. The number of rotatable bonds is 3. The van der Waals surface area contributed by atoms with E-state index in [1.807, 2.05) is 17.6 Å². The summed E-state index contributed by atoms with van der Waals surface area (Å²) >= 11 is 0. The van der Waals surface area contributed by atoms with Gasteiger partial charge in [0.15, 0.2) is 5.82 Å². The minimum atomic E-state index is -0.0609. The van der Waals surface area contributed by atoms with Crippen molar-refractivity contribution in [1.82, 2.24) is 14.3 Å². The second kappa shape index (κ2) is 3.84. The highest BCUT2D eigenvalue weighted by Crippen LogP contribution is 2.35.